The molecule has 0 bridgehead atoms. The average molecular weight is 368 g/mol. The minimum Gasteiger partial charge on any atom is -0.465 e. The molecule has 0 unspecified atom stereocenters. The van der Waals surface area contributed by atoms with E-state index >= 15 is 0 Å². The van der Waals surface area contributed by atoms with Gasteiger partial charge in [0.25, 0.3) is 0 Å². The summed E-state index contributed by atoms with van der Waals surface area (Å²) in [5, 5.41) is 0. The van der Waals surface area contributed by atoms with Crippen molar-refractivity contribution in [3.63, 3.8) is 0 Å². The first kappa shape index (κ1) is 17.2. The Kier molecular flexibility index (Phi) is 4.27. The number of esters is 1. The molecule has 0 aromatic heterocycles. The average Bonchev–Trinajstić information content (AvgIpc) is 3.30. The Morgan fingerprint density at radius 2 is 1.68 bits per heavy atom. The van der Waals surface area contributed by atoms with Crippen LogP contribution in [0, 0.1) is 5.92 Å². The summed E-state index contributed by atoms with van der Waals surface area (Å²) in [7, 11) is 1.48. The van der Waals surface area contributed by atoms with Gasteiger partial charge in [0.2, 0.25) is 0 Å². The Morgan fingerprint density at radius 3 is 2.39 bits per heavy atom. The number of hydrogen-bond donors (Lipinski definition) is 0. The second-order valence-corrected chi connectivity index (χ2v) is 7.88. The lowest BCUT2D eigenvalue weighted by Crippen LogP contribution is -2.15. The summed E-state index contributed by atoms with van der Waals surface area (Å²) in [4.78, 5) is 12.7. The van der Waals surface area contributed by atoms with Crippen LogP contribution in [0.5, 0.6) is 0 Å². The molecule has 2 nitrogen and oxygen atoms in total. The van der Waals surface area contributed by atoms with Crippen LogP contribution in [-0.2, 0) is 9.53 Å². The molecular formula is C26H24O2. The van der Waals surface area contributed by atoms with Crippen LogP contribution >= 0.6 is 0 Å². The first-order chi connectivity index (χ1) is 13.8. The smallest absolute Gasteiger partial charge is 0.338 e. The predicted molar refractivity (Wildman–Crippen MR) is 112 cm³/mol. The van der Waals surface area contributed by atoms with Crippen LogP contribution in [0.15, 0.2) is 89.0 Å². The van der Waals surface area contributed by atoms with Crippen LogP contribution in [0.4, 0.5) is 0 Å². The Bertz CT molecular complexity index is 1010. The Balaban J connectivity index is 1.76. The zero-order valence-electron chi connectivity index (χ0n) is 16.2. The van der Waals surface area contributed by atoms with E-state index in [0.29, 0.717) is 11.8 Å². The van der Waals surface area contributed by atoms with Gasteiger partial charge in [0, 0.05) is 5.92 Å². The molecule has 0 saturated heterocycles. The molecule has 140 valence electrons. The lowest BCUT2D eigenvalue weighted by atomic mass is 9.75. The molecule has 3 aliphatic rings. The van der Waals surface area contributed by atoms with Crippen molar-refractivity contribution in [3.8, 4) is 0 Å². The quantitative estimate of drug-likeness (QED) is 0.637. The van der Waals surface area contributed by atoms with E-state index in [1.165, 1.54) is 59.8 Å². The summed E-state index contributed by atoms with van der Waals surface area (Å²) in [5.74, 6) is 0.595. The zero-order valence-corrected chi connectivity index (χ0v) is 16.2. The number of hydrogen-bond acceptors (Lipinski definition) is 2. The highest BCUT2D eigenvalue weighted by Crippen LogP contribution is 2.59. The fourth-order valence-corrected chi connectivity index (χ4v) is 5.35. The van der Waals surface area contributed by atoms with Crippen LogP contribution in [0.2, 0.25) is 0 Å². The standard InChI is InChI=1S/C26H24O2/c1-28-26(27)22-16-21(17-10-4-2-5-11-17)25-23(18-12-6-3-7-13-18)19-14-8-9-15-20(19)24(22)25/h2-7,10-13,16,19,23H,8-9,14-15H2,1H3/t19-,23+/m0/s1. The van der Waals surface area contributed by atoms with E-state index in [0.717, 1.165) is 12.0 Å². The van der Waals surface area contributed by atoms with Gasteiger partial charge in [-0.2, -0.15) is 0 Å². The molecule has 2 atom stereocenters. The molecule has 0 aliphatic heterocycles. The summed E-state index contributed by atoms with van der Waals surface area (Å²) in [6.45, 7) is 0. The highest BCUT2D eigenvalue weighted by molar-refractivity contribution is 6.05. The molecule has 0 spiro atoms. The fourth-order valence-electron chi connectivity index (χ4n) is 5.35. The maximum absolute atomic E-state index is 12.7. The van der Waals surface area contributed by atoms with Crippen molar-refractivity contribution in [2.75, 3.05) is 7.11 Å². The van der Waals surface area contributed by atoms with Crippen LogP contribution in [0.3, 0.4) is 0 Å². The van der Waals surface area contributed by atoms with Crippen molar-refractivity contribution in [2.45, 2.75) is 31.6 Å². The number of fused-ring (bicyclic) bond motifs is 2. The zero-order chi connectivity index (χ0) is 19.1. The normalized spacial score (nSPS) is 23.4. The van der Waals surface area contributed by atoms with Gasteiger partial charge in [-0.3, -0.25) is 0 Å². The van der Waals surface area contributed by atoms with Crippen molar-refractivity contribution < 1.29 is 9.53 Å². The van der Waals surface area contributed by atoms with Crippen molar-refractivity contribution in [2.24, 2.45) is 5.92 Å². The van der Waals surface area contributed by atoms with E-state index < -0.39 is 0 Å². The number of carbonyl (C=O) groups is 1. The molecule has 2 heteroatoms. The first-order valence-corrected chi connectivity index (χ1v) is 10.2. The highest BCUT2D eigenvalue weighted by Gasteiger charge is 2.46. The molecule has 5 rings (SSSR count). The summed E-state index contributed by atoms with van der Waals surface area (Å²) in [6, 6.07) is 21.3. The summed E-state index contributed by atoms with van der Waals surface area (Å²) >= 11 is 0. The fraction of sp³-hybridized carbons (Fsp3) is 0.269. The largest absolute Gasteiger partial charge is 0.465 e. The third kappa shape index (κ3) is 2.59. The summed E-state index contributed by atoms with van der Waals surface area (Å²) in [5.41, 5.74) is 8.45. The van der Waals surface area contributed by atoms with Crippen molar-refractivity contribution >= 4 is 11.5 Å². The molecule has 1 fully saturated rings. The molecule has 1 saturated carbocycles. The monoisotopic (exact) mass is 368 g/mol. The predicted octanol–water partition coefficient (Wildman–Crippen LogP) is 5.84. The molecule has 2 aromatic rings. The molecule has 3 aliphatic carbocycles. The van der Waals surface area contributed by atoms with Gasteiger partial charge in [-0.15, -0.1) is 0 Å². The molecule has 2 aromatic carbocycles. The van der Waals surface area contributed by atoms with Crippen LogP contribution in [0.1, 0.15) is 42.7 Å². The number of allylic oxidation sites excluding steroid dienone is 4. The number of rotatable bonds is 3. The molecule has 0 radical (unpaired) electrons. The van der Waals surface area contributed by atoms with Gasteiger partial charge in [0.15, 0.2) is 0 Å². The van der Waals surface area contributed by atoms with E-state index in [9.17, 15) is 4.79 Å². The SMILES string of the molecule is COC(=O)C1=CC(c2ccccc2)=C2C1=C1CCCC[C@@H]1[C@H]2c1ccccc1. The van der Waals surface area contributed by atoms with Gasteiger partial charge in [0.1, 0.15) is 0 Å². The molecular weight excluding hydrogens is 344 g/mol. The van der Waals surface area contributed by atoms with Gasteiger partial charge in [-0.25, -0.2) is 4.79 Å². The van der Waals surface area contributed by atoms with Gasteiger partial charge in [0.05, 0.1) is 12.7 Å². The maximum Gasteiger partial charge on any atom is 0.338 e. The minimum atomic E-state index is -0.219. The van der Waals surface area contributed by atoms with Crippen molar-refractivity contribution in [1.82, 2.24) is 0 Å². The second kappa shape index (κ2) is 6.94. The third-order valence-corrected chi connectivity index (χ3v) is 6.46. The van der Waals surface area contributed by atoms with Gasteiger partial charge < -0.3 is 4.74 Å². The first-order valence-electron chi connectivity index (χ1n) is 10.2. The van der Waals surface area contributed by atoms with Gasteiger partial charge >= 0.3 is 5.97 Å². The minimum absolute atomic E-state index is 0.219. The second-order valence-electron chi connectivity index (χ2n) is 7.88. The van der Waals surface area contributed by atoms with E-state index in [-0.39, 0.29) is 5.97 Å². The molecule has 0 N–H and O–H groups in total. The van der Waals surface area contributed by atoms with Crippen molar-refractivity contribution in [1.29, 1.82) is 0 Å². The Labute approximate surface area is 166 Å². The summed E-state index contributed by atoms with van der Waals surface area (Å²) < 4.78 is 5.18. The van der Waals surface area contributed by atoms with Crippen LogP contribution < -0.4 is 0 Å². The number of methoxy groups -OCH3 is 1. The topological polar surface area (TPSA) is 26.3 Å². The lowest BCUT2D eigenvalue weighted by molar-refractivity contribution is -0.135. The van der Waals surface area contributed by atoms with Crippen molar-refractivity contribution in [3.05, 3.63) is 100 Å². The van der Waals surface area contributed by atoms with E-state index in [2.05, 4.69) is 60.7 Å². The third-order valence-electron chi connectivity index (χ3n) is 6.46. The maximum atomic E-state index is 12.7. The van der Waals surface area contributed by atoms with Crippen LogP contribution in [0.25, 0.3) is 5.57 Å². The summed E-state index contributed by atoms with van der Waals surface area (Å²) in [6.07, 6.45) is 6.82. The van der Waals surface area contributed by atoms with Gasteiger partial charge in [-0.1, -0.05) is 72.7 Å². The van der Waals surface area contributed by atoms with E-state index in [4.69, 9.17) is 4.74 Å². The van der Waals surface area contributed by atoms with E-state index in [1.54, 1.807) is 0 Å². The number of carbonyl (C=O) groups excluding carboxylic acids is 1. The molecule has 0 heterocycles. The Morgan fingerprint density at radius 1 is 0.964 bits per heavy atom. The van der Waals surface area contributed by atoms with Gasteiger partial charge in [-0.05, 0) is 59.1 Å². The molecule has 0 amide bonds. The van der Waals surface area contributed by atoms with Crippen LogP contribution in [-0.4, -0.2) is 13.1 Å². The highest BCUT2D eigenvalue weighted by atomic mass is 16.5. The number of benzene rings is 2. The Hall–Kier alpha value is -2.87. The van der Waals surface area contributed by atoms with E-state index in [1.807, 2.05) is 6.07 Å². The molecule has 28 heavy (non-hydrogen) atoms. The lowest BCUT2D eigenvalue weighted by Gasteiger charge is -2.28. The number of ether oxygens (including phenoxy) is 1.